The Labute approximate surface area is 420 Å². The van der Waals surface area contributed by atoms with E-state index in [1.807, 2.05) is 173 Å². The second-order valence-corrected chi connectivity index (χ2v) is 18.2. The molecule has 5 heterocycles. The second kappa shape index (κ2) is 20.4. The lowest BCUT2D eigenvalue weighted by atomic mass is 10.0. The fraction of sp³-hybridized carbons (Fsp3) is 0.200. The fourth-order valence-electron chi connectivity index (χ4n) is 9.44. The van der Waals surface area contributed by atoms with Gasteiger partial charge in [0.1, 0.15) is 0 Å². The van der Waals surface area contributed by atoms with E-state index in [-0.39, 0.29) is 23.6 Å². The molecule has 2 aliphatic heterocycles. The van der Waals surface area contributed by atoms with Crippen molar-refractivity contribution in [3.63, 3.8) is 0 Å². The molecule has 0 atom stereocenters. The van der Waals surface area contributed by atoms with Gasteiger partial charge in [-0.25, -0.2) is 9.97 Å². The molecule has 3 aromatic heterocycles. The lowest BCUT2D eigenvalue weighted by molar-refractivity contribution is 0.0765. The summed E-state index contributed by atoms with van der Waals surface area (Å²) in [5, 5.41) is 0. The number of nitrogens with zero attached hydrogens (tertiary/aromatic N) is 6. The minimum atomic E-state index is -0.0998. The highest BCUT2D eigenvalue weighted by molar-refractivity contribution is 6.02. The summed E-state index contributed by atoms with van der Waals surface area (Å²) < 4.78 is 0. The number of aromatic nitrogens is 4. The summed E-state index contributed by atoms with van der Waals surface area (Å²) in [6, 6.07) is 38.7. The van der Waals surface area contributed by atoms with E-state index in [2.05, 4.69) is 9.97 Å². The number of hydrogen-bond acceptors (Lipinski definition) is 6. The number of aromatic amines is 2. The van der Waals surface area contributed by atoms with Crippen LogP contribution in [-0.2, 0) is 0 Å². The van der Waals surface area contributed by atoms with E-state index in [4.69, 9.17) is 9.97 Å². The zero-order chi connectivity index (χ0) is 50.8. The number of carbonyl (C=O) groups is 4. The average Bonchev–Trinajstić information content (AvgIpc) is 4.26. The van der Waals surface area contributed by atoms with Crippen molar-refractivity contribution in [1.82, 2.24) is 39.5 Å². The molecule has 0 saturated carbocycles. The summed E-state index contributed by atoms with van der Waals surface area (Å²) in [5.41, 5.74) is 14.9. The van der Waals surface area contributed by atoms with Crippen LogP contribution in [0.3, 0.4) is 0 Å². The van der Waals surface area contributed by atoms with Gasteiger partial charge in [0, 0.05) is 121 Å². The quantitative estimate of drug-likeness (QED) is 0.125. The molecule has 4 amide bonds. The van der Waals surface area contributed by atoms with Crippen molar-refractivity contribution in [2.75, 3.05) is 54.4 Å². The summed E-state index contributed by atoms with van der Waals surface area (Å²) in [5.74, 6) is -0.264. The summed E-state index contributed by atoms with van der Waals surface area (Å²) in [7, 11) is 6.95. The zero-order valence-electron chi connectivity index (χ0n) is 42.0. The molecule has 0 radical (unpaired) electrons. The van der Waals surface area contributed by atoms with Gasteiger partial charge in [-0.1, -0.05) is 48.5 Å². The van der Waals surface area contributed by atoms with Crippen LogP contribution < -0.4 is 0 Å². The van der Waals surface area contributed by atoms with Crippen molar-refractivity contribution in [3.05, 3.63) is 166 Å². The summed E-state index contributed by atoms with van der Waals surface area (Å²) in [4.78, 5) is 78.3. The van der Waals surface area contributed by atoms with Crippen LogP contribution in [0.2, 0.25) is 0 Å². The number of amides is 4. The number of H-pyrrole nitrogens is 2. The van der Waals surface area contributed by atoms with Gasteiger partial charge in [0.05, 0.1) is 22.8 Å². The molecule has 0 fully saturated rings. The van der Waals surface area contributed by atoms with Gasteiger partial charge in [-0.05, 0) is 147 Å². The molecule has 4 aromatic carbocycles. The Balaban J connectivity index is 1.37. The van der Waals surface area contributed by atoms with Crippen molar-refractivity contribution in [1.29, 1.82) is 0 Å². The molecule has 2 aliphatic rings. The van der Waals surface area contributed by atoms with Crippen LogP contribution in [-0.4, -0.2) is 118 Å². The van der Waals surface area contributed by atoms with E-state index in [1.54, 1.807) is 47.8 Å². The lowest BCUT2D eigenvalue weighted by Gasteiger charge is -2.18. The minimum Gasteiger partial charge on any atom is -0.354 e. The van der Waals surface area contributed by atoms with Gasteiger partial charge in [0.2, 0.25) is 0 Å². The maximum atomic E-state index is 13.5. The van der Waals surface area contributed by atoms with E-state index in [1.165, 1.54) is 0 Å². The van der Waals surface area contributed by atoms with Crippen LogP contribution >= 0.6 is 0 Å². The standard InChI is InChI=1S/C60H58N8O4/c1-9-67(10-2)59(71)43-25-17-39(18-26-43)55-49-33-29-45(61-49)53(37-13-21-41(22-14-37)57(69)65(5)6)47-31-35-51(63-47)56(40-19-27-44(28-20-40)60(72)68(11-3)12-4)52-36-32-48(64-52)54(46-30-34-50(55)62-46)38-15-23-42(24-16-38)58(70)66(7)8/h13-36,61,64H,9-12H2,1-8H3. The van der Waals surface area contributed by atoms with Gasteiger partial charge in [0.15, 0.2) is 0 Å². The monoisotopic (exact) mass is 954 g/mol. The maximum absolute atomic E-state index is 13.5. The van der Waals surface area contributed by atoms with Gasteiger partial charge in [-0.3, -0.25) is 19.2 Å². The highest BCUT2D eigenvalue weighted by atomic mass is 16.2. The Kier molecular flexibility index (Phi) is 13.7. The molecular weight excluding hydrogens is 897 g/mol. The topological polar surface area (TPSA) is 139 Å². The average molecular weight is 955 g/mol. The smallest absolute Gasteiger partial charge is 0.253 e. The molecule has 8 bridgehead atoms. The number of carbonyl (C=O) groups excluding carboxylic acids is 4. The third-order valence-corrected chi connectivity index (χ3v) is 13.3. The molecular formula is C60H58N8O4. The number of nitrogens with one attached hydrogen (secondary N) is 2. The molecule has 7 aromatic rings. The van der Waals surface area contributed by atoms with Crippen LogP contribution in [0, 0.1) is 0 Å². The van der Waals surface area contributed by atoms with Gasteiger partial charge in [-0.15, -0.1) is 0 Å². The van der Waals surface area contributed by atoms with Gasteiger partial charge in [-0.2, -0.15) is 0 Å². The van der Waals surface area contributed by atoms with Crippen LogP contribution in [0.5, 0.6) is 0 Å². The lowest BCUT2D eigenvalue weighted by Crippen LogP contribution is -2.30. The fourth-order valence-corrected chi connectivity index (χ4v) is 9.44. The van der Waals surface area contributed by atoms with Crippen molar-refractivity contribution >= 4 is 70.0 Å². The van der Waals surface area contributed by atoms with Crippen molar-refractivity contribution in [2.45, 2.75) is 27.7 Å². The number of rotatable bonds is 12. The first-order chi connectivity index (χ1) is 34.8. The minimum absolute atomic E-state index is 0.0322. The molecule has 362 valence electrons. The normalized spacial score (nSPS) is 11.7. The zero-order valence-corrected chi connectivity index (χ0v) is 42.0. The molecule has 2 N–H and O–H groups in total. The van der Waals surface area contributed by atoms with E-state index < -0.39 is 0 Å². The van der Waals surface area contributed by atoms with E-state index in [9.17, 15) is 19.2 Å². The van der Waals surface area contributed by atoms with Crippen molar-refractivity contribution in [2.24, 2.45) is 0 Å². The predicted octanol–water partition coefficient (Wildman–Crippen LogP) is 11.7. The molecule has 12 nitrogen and oxygen atoms in total. The van der Waals surface area contributed by atoms with Crippen molar-refractivity contribution in [3.8, 4) is 44.5 Å². The highest BCUT2D eigenvalue weighted by Crippen LogP contribution is 2.39. The van der Waals surface area contributed by atoms with Crippen LogP contribution in [0.4, 0.5) is 0 Å². The highest BCUT2D eigenvalue weighted by Gasteiger charge is 2.22. The summed E-state index contributed by atoms with van der Waals surface area (Å²) in [6.45, 7) is 10.3. The third kappa shape index (κ3) is 9.26. The first-order valence-corrected chi connectivity index (χ1v) is 24.4. The first kappa shape index (κ1) is 48.4. The predicted molar refractivity (Wildman–Crippen MR) is 291 cm³/mol. The Bertz CT molecular complexity index is 3230. The largest absolute Gasteiger partial charge is 0.354 e. The summed E-state index contributed by atoms with van der Waals surface area (Å²) >= 11 is 0. The third-order valence-electron chi connectivity index (χ3n) is 13.3. The van der Waals surface area contributed by atoms with E-state index in [0.717, 1.165) is 66.6 Å². The molecule has 0 aliphatic carbocycles. The first-order valence-electron chi connectivity index (χ1n) is 24.4. The summed E-state index contributed by atoms with van der Waals surface area (Å²) in [6.07, 6.45) is 8.05. The molecule has 0 spiro atoms. The molecule has 0 saturated heterocycles. The van der Waals surface area contributed by atoms with Crippen molar-refractivity contribution < 1.29 is 19.2 Å². The van der Waals surface area contributed by atoms with Gasteiger partial charge >= 0.3 is 0 Å². The van der Waals surface area contributed by atoms with E-state index in [0.29, 0.717) is 71.2 Å². The Morgan fingerprint density at radius 3 is 0.778 bits per heavy atom. The van der Waals surface area contributed by atoms with Crippen LogP contribution in [0.15, 0.2) is 121 Å². The van der Waals surface area contributed by atoms with Gasteiger partial charge in [0.25, 0.3) is 23.6 Å². The number of hydrogen-bond donors (Lipinski definition) is 2. The number of benzene rings is 4. The van der Waals surface area contributed by atoms with Gasteiger partial charge < -0.3 is 29.6 Å². The van der Waals surface area contributed by atoms with Crippen LogP contribution in [0.25, 0.3) is 90.9 Å². The van der Waals surface area contributed by atoms with Crippen LogP contribution in [0.1, 0.15) is 91.9 Å². The van der Waals surface area contributed by atoms with E-state index >= 15 is 0 Å². The Morgan fingerprint density at radius 2 is 0.569 bits per heavy atom. The maximum Gasteiger partial charge on any atom is 0.253 e. The molecule has 12 heteroatoms. The molecule has 9 rings (SSSR count). The Morgan fingerprint density at radius 1 is 0.347 bits per heavy atom. The SMILES string of the molecule is CCN(CC)C(=O)c1ccc(-c2c3nc(c(-c4ccc(C(=O)N(C)C)cc4)c4ccc([nH]4)c(-c4ccc(C(=O)N(CC)CC)cc4)c4nc(c(-c5ccc(C(=O)N(C)C)cc5)c5ccc2[nH]5)C=C4)C=C3)cc1. The molecule has 72 heavy (non-hydrogen) atoms. The molecule has 0 unspecified atom stereocenters. The Hall–Kier alpha value is -8.64. The second-order valence-electron chi connectivity index (χ2n) is 18.2. The number of fused-ring (bicyclic) bond motifs is 8.